The van der Waals surface area contributed by atoms with Crippen LogP contribution in [0.25, 0.3) is 0 Å². The molecular formula is C11H17NOS. The minimum absolute atomic E-state index is 0.159. The van der Waals surface area contributed by atoms with E-state index in [4.69, 9.17) is 0 Å². The summed E-state index contributed by atoms with van der Waals surface area (Å²) in [5.41, 5.74) is 0. The van der Waals surface area contributed by atoms with Crippen molar-refractivity contribution in [3.05, 3.63) is 22.4 Å². The normalized spacial score (nSPS) is 10.5. The maximum Gasteiger partial charge on any atom is 0.220 e. The van der Waals surface area contributed by atoms with E-state index in [2.05, 4.69) is 25.2 Å². The van der Waals surface area contributed by atoms with Crippen LogP contribution in [0.4, 0.5) is 0 Å². The number of aryl methyl sites for hydroxylation is 1. The Morgan fingerprint density at radius 1 is 1.57 bits per heavy atom. The molecule has 3 heteroatoms. The second-order valence-corrected chi connectivity index (χ2v) is 4.81. The summed E-state index contributed by atoms with van der Waals surface area (Å²) in [6.07, 6.45) is 1.47. The maximum absolute atomic E-state index is 11.3. The van der Waals surface area contributed by atoms with Crippen LogP contribution < -0.4 is 5.32 Å². The van der Waals surface area contributed by atoms with E-state index in [1.165, 1.54) is 4.88 Å². The second kappa shape index (κ2) is 5.81. The molecule has 2 nitrogen and oxygen atoms in total. The lowest BCUT2D eigenvalue weighted by Gasteiger charge is -2.06. The number of thiophene rings is 1. The first-order valence-electron chi connectivity index (χ1n) is 4.97. The van der Waals surface area contributed by atoms with Crippen LogP contribution in [0.15, 0.2) is 17.5 Å². The molecule has 1 aromatic heterocycles. The molecule has 0 aliphatic carbocycles. The SMILES string of the molecule is CC(C)CNC(=O)CCc1cccs1. The van der Waals surface area contributed by atoms with Gasteiger partial charge in [-0.2, -0.15) is 0 Å². The molecule has 0 aliphatic heterocycles. The standard InChI is InChI=1S/C11H17NOS/c1-9(2)8-12-11(13)6-5-10-4-3-7-14-10/h3-4,7,9H,5-6,8H2,1-2H3,(H,12,13). The van der Waals surface area contributed by atoms with E-state index in [1.54, 1.807) is 11.3 Å². The first kappa shape index (κ1) is 11.2. The predicted molar refractivity (Wildman–Crippen MR) is 60.5 cm³/mol. The molecule has 78 valence electrons. The number of carbonyl (C=O) groups is 1. The number of amides is 1. The fraction of sp³-hybridized carbons (Fsp3) is 0.545. The monoisotopic (exact) mass is 211 g/mol. The van der Waals surface area contributed by atoms with E-state index in [1.807, 2.05) is 11.4 Å². The minimum atomic E-state index is 0.159. The van der Waals surface area contributed by atoms with Crippen molar-refractivity contribution >= 4 is 17.2 Å². The van der Waals surface area contributed by atoms with E-state index in [0.29, 0.717) is 12.3 Å². The molecule has 1 N–H and O–H groups in total. The third kappa shape index (κ3) is 4.42. The van der Waals surface area contributed by atoms with Gasteiger partial charge in [-0.15, -0.1) is 11.3 Å². The zero-order chi connectivity index (χ0) is 10.4. The van der Waals surface area contributed by atoms with Crippen molar-refractivity contribution in [3.63, 3.8) is 0 Å². The van der Waals surface area contributed by atoms with Crippen LogP contribution in [0, 0.1) is 5.92 Å². The Balaban J connectivity index is 2.15. The highest BCUT2D eigenvalue weighted by Crippen LogP contribution is 2.10. The molecule has 0 saturated heterocycles. The Bertz CT molecular complexity index is 267. The summed E-state index contributed by atoms with van der Waals surface area (Å²) >= 11 is 1.71. The minimum Gasteiger partial charge on any atom is -0.356 e. The van der Waals surface area contributed by atoms with Gasteiger partial charge in [0.1, 0.15) is 0 Å². The zero-order valence-electron chi connectivity index (χ0n) is 8.75. The van der Waals surface area contributed by atoms with Crippen LogP contribution in [0.5, 0.6) is 0 Å². The van der Waals surface area contributed by atoms with Crippen LogP contribution in [0.2, 0.25) is 0 Å². The van der Waals surface area contributed by atoms with Crippen LogP contribution >= 0.6 is 11.3 Å². The molecule has 0 unspecified atom stereocenters. The number of rotatable bonds is 5. The van der Waals surface area contributed by atoms with E-state index in [-0.39, 0.29) is 5.91 Å². The third-order valence-electron chi connectivity index (χ3n) is 1.89. The highest BCUT2D eigenvalue weighted by Gasteiger charge is 2.03. The lowest BCUT2D eigenvalue weighted by Crippen LogP contribution is -2.27. The van der Waals surface area contributed by atoms with Gasteiger partial charge in [0, 0.05) is 17.8 Å². The molecule has 0 aromatic carbocycles. The van der Waals surface area contributed by atoms with Gasteiger partial charge in [0.05, 0.1) is 0 Å². The van der Waals surface area contributed by atoms with E-state index < -0.39 is 0 Å². The largest absolute Gasteiger partial charge is 0.356 e. The number of nitrogens with one attached hydrogen (secondary N) is 1. The van der Waals surface area contributed by atoms with Crippen molar-refractivity contribution in [3.8, 4) is 0 Å². The molecule has 0 spiro atoms. The van der Waals surface area contributed by atoms with Crippen molar-refractivity contribution in [2.24, 2.45) is 5.92 Å². The molecule has 0 atom stereocenters. The number of hydrogen-bond acceptors (Lipinski definition) is 2. The lowest BCUT2D eigenvalue weighted by molar-refractivity contribution is -0.121. The Kier molecular flexibility index (Phi) is 4.66. The molecule has 0 aliphatic rings. The van der Waals surface area contributed by atoms with Gasteiger partial charge in [0.15, 0.2) is 0 Å². The Hall–Kier alpha value is -0.830. The average Bonchev–Trinajstić information content (AvgIpc) is 2.63. The molecule has 14 heavy (non-hydrogen) atoms. The molecule has 1 aromatic rings. The summed E-state index contributed by atoms with van der Waals surface area (Å²) < 4.78 is 0. The zero-order valence-corrected chi connectivity index (χ0v) is 9.56. The van der Waals surface area contributed by atoms with Crippen LogP contribution in [0.1, 0.15) is 25.1 Å². The third-order valence-corrected chi connectivity index (χ3v) is 2.82. The van der Waals surface area contributed by atoms with E-state index in [0.717, 1.165) is 13.0 Å². The molecule has 0 saturated carbocycles. The second-order valence-electron chi connectivity index (χ2n) is 3.78. The van der Waals surface area contributed by atoms with Crippen LogP contribution in [0.3, 0.4) is 0 Å². The average molecular weight is 211 g/mol. The van der Waals surface area contributed by atoms with Gasteiger partial charge in [-0.05, 0) is 23.8 Å². The van der Waals surface area contributed by atoms with E-state index in [9.17, 15) is 4.79 Å². The van der Waals surface area contributed by atoms with Gasteiger partial charge in [-0.1, -0.05) is 19.9 Å². The van der Waals surface area contributed by atoms with Gasteiger partial charge in [-0.25, -0.2) is 0 Å². The van der Waals surface area contributed by atoms with Gasteiger partial charge in [0.25, 0.3) is 0 Å². The Morgan fingerprint density at radius 3 is 2.93 bits per heavy atom. The molecule has 1 amide bonds. The molecule has 1 heterocycles. The van der Waals surface area contributed by atoms with Gasteiger partial charge in [-0.3, -0.25) is 4.79 Å². The maximum atomic E-state index is 11.3. The smallest absolute Gasteiger partial charge is 0.220 e. The van der Waals surface area contributed by atoms with Crippen molar-refractivity contribution in [1.82, 2.24) is 5.32 Å². The number of hydrogen-bond donors (Lipinski definition) is 1. The molecule has 1 rings (SSSR count). The van der Waals surface area contributed by atoms with Crippen molar-refractivity contribution in [2.75, 3.05) is 6.54 Å². The van der Waals surface area contributed by atoms with E-state index >= 15 is 0 Å². The summed E-state index contributed by atoms with van der Waals surface area (Å²) in [5, 5.41) is 4.95. The first-order chi connectivity index (χ1) is 6.68. The fourth-order valence-corrected chi connectivity index (χ4v) is 1.81. The molecular weight excluding hydrogens is 194 g/mol. The predicted octanol–water partition coefficient (Wildman–Crippen LogP) is 2.45. The highest BCUT2D eigenvalue weighted by molar-refractivity contribution is 7.09. The quantitative estimate of drug-likeness (QED) is 0.796. The lowest BCUT2D eigenvalue weighted by atomic mass is 10.2. The van der Waals surface area contributed by atoms with Crippen LogP contribution in [-0.4, -0.2) is 12.5 Å². The highest BCUT2D eigenvalue weighted by atomic mass is 32.1. The Morgan fingerprint density at radius 2 is 2.36 bits per heavy atom. The fourth-order valence-electron chi connectivity index (χ4n) is 1.10. The first-order valence-corrected chi connectivity index (χ1v) is 5.85. The number of carbonyl (C=O) groups excluding carboxylic acids is 1. The van der Waals surface area contributed by atoms with Gasteiger partial charge >= 0.3 is 0 Å². The van der Waals surface area contributed by atoms with Crippen molar-refractivity contribution < 1.29 is 4.79 Å². The van der Waals surface area contributed by atoms with Crippen molar-refractivity contribution in [2.45, 2.75) is 26.7 Å². The van der Waals surface area contributed by atoms with Gasteiger partial charge in [0.2, 0.25) is 5.91 Å². The molecule has 0 radical (unpaired) electrons. The van der Waals surface area contributed by atoms with Gasteiger partial charge < -0.3 is 5.32 Å². The van der Waals surface area contributed by atoms with Crippen molar-refractivity contribution in [1.29, 1.82) is 0 Å². The topological polar surface area (TPSA) is 29.1 Å². The molecule has 0 bridgehead atoms. The molecule has 0 fully saturated rings. The summed E-state index contributed by atoms with van der Waals surface area (Å²) in [6.45, 7) is 4.97. The van der Waals surface area contributed by atoms with Crippen LogP contribution in [-0.2, 0) is 11.2 Å². The summed E-state index contributed by atoms with van der Waals surface area (Å²) in [7, 11) is 0. The summed E-state index contributed by atoms with van der Waals surface area (Å²) in [4.78, 5) is 12.6. The summed E-state index contributed by atoms with van der Waals surface area (Å²) in [6, 6.07) is 4.09. The summed E-state index contributed by atoms with van der Waals surface area (Å²) in [5.74, 6) is 0.688. The Labute approximate surface area is 89.3 Å².